The van der Waals surface area contributed by atoms with Crippen LogP contribution in [0.3, 0.4) is 0 Å². The van der Waals surface area contributed by atoms with Gasteiger partial charge in [0.2, 0.25) is 0 Å². The Morgan fingerprint density at radius 1 is 1.04 bits per heavy atom. The Labute approximate surface area is 174 Å². The maximum atomic E-state index is 13.6. The van der Waals surface area contributed by atoms with Gasteiger partial charge >= 0.3 is 0 Å². The average molecular weight is 482 g/mol. The van der Waals surface area contributed by atoms with Crippen LogP contribution in [0, 0.1) is 11.6 Å². The van der Waals surface area contributed by atoms with Gasteiger partial charge in [0.1, 0.15) is 11.6 Å². The van der Waals surface area contributed by atoms with Crippen LogP contribution in [-0.4, -0.2) is 24.5 Å². The van der Waals surface area contributed by atoms with Crippen molar-refractivity contribution in [3.05, 3.63) is 77.5 Å². The largest absolute Gasteiger partial charge is 0.356 e. The van der Waals surface area contributed by atoms with Crippen LogP contribution in [0.2, 0.25) is 0 Å². The summed E-state index contributed by atoms with van der Waals surface area (Å²) in [7, 11) is 1.67. The maximum absolute atomic E-state index is 13.6. The molecule has 4 nitrogen and oxygen atoms in total. The lowest BCUT2D eigenvalue weighted by Crippen LogP contribution is -2.38. The molecule has 7 heteroatoms. The van der Waals surface area contributed by atoms with Crippen LogP contribution < -0.4 is 10.6 Å². The summed E-state index contributed by atoms with van der Waals surface area (Å²) < 4.78 is 26.9. The average Bonchev–Trinajstić information content (AvgIpc) is 2.67. The zero-order valence-electron chi connectivity index (χ0n) is 14.9. The third-order valence-electron chi connectivity index (χ3n) is 4.10. The molecule has 0 aliphatic heterocycles. The molecule has 1 aromatic heterocycles. The highest BCUT2D eigenvalue weighted by Gasteiger charge is 2.06. The van der Waals surface area contributed by atoms with E-state index in [9.17, 15) is 8.78 Å². The molecule has 2 aromatic carbocycles. The van der Waals surface area contributed by atoms with Crippen molar-refractivity contribution in [2.45, 2.75) is 13.0 Å². The van der Waals surface area contributed by atoms with Gasteiger partial charge < -0.3 is 10.6 Å². The second-order valence-corrected chi connectivity index (χ2v) is 5.83. The van der Waals surface area contributed by atoms with E-state index in [1.54, 1.807) is 13.2 Å². The van der Waals surface area contributed by atoms with Crippen LogP contribution in [-0.2, 0) is 13.0 Å². The van der Waals surface area contributed by atoms with Crippen LogP contribution in [0.25, 0.3) is 10.9 Å². The van der Waals surface area contributed by atoms with Gasteiger partial charge in [-0.3, -0.25) is 9.98 Å². The highest BCUT2D eigenvalue weighted by Crippen LogP contribution is 2.15. The first-order valence-corrected chi connectivity index (χ1v) is 8.38. The van der Waals surface area contributed by atoms with Crippen LogP contribution in [0.1, 0.15) is 11.1 Å². The number of rotatable bonds is 5. The van der Waals surface area contributed by atoms with Gasteiger partial charge in [-0.1, -0.05) is 18.2 Å². The van der Waals surface area contributed by atoms with Crippen LogP contribution >= 0.6 is 24.0 Å². The van der Waals surface area contributed by atoms with Crippen molar-refractivity contribution in [2.75, 3.05) is 13.6 Å². The Kier molecular flexibility index (Phi) is 7.90. The molecule has 1 heterocycles. The lowest BCUT2D eigenvalue weighted by Gasteiger charge is -2.13. The first kappa shape index (κ1) is 21.0. The van der Waals surface area contributed by atoms with E-state index >= 15 is 0 Å². The minimum Gasteiger partial charge on any atom is -0.356 e. The van der Waals surface area contributed by atoms with Crippen LogP contribution in [0.15, 0.2) is 59.7 Å². The monoisotopic (exact) mass is 482 g/mol. The van der Waals surface area contributed by atoms with Crippen molar-refractivity contribution in [3.8, 4) is 0 Å². The number of nitrogens with zero attached hydrogens (tertiary/aromatic N) is 2. The zero-order chi connectivity index (χ0) is 18.4. The van der Waals surface area contributed by atoms with Gasteiger partial charge in [-0.2, -0.15) is 0 Å². The number of benzene rings is 2. The molecule has 142 valence electrons. The number of aromatic nitrogens is 1. The fraction of sp³-hybridized carbons (Fsp3) is 0.200. The van der Waals surface area contributed by atoms with E-state index in [1.807, 2.05) is 30.3 Å². The minimum absolute atomic E-state index is 0. The lowest BCUT2D eigenvalue weighted by molar-refractivity contribution is 0.583. The standard InChI is InChI=1S/C20H20F2N4.HI/c1-23-20(25-11-8-14-12-16(21)6-7-18(14)22)26-13-15-9-10-24-19-5-3-2-4-17(15)19;/h2-7,9-10,12H,8,11,13H2,1H3,(H2,23,25,26);1H. The Morgan fingerprint density at radius 2 is 1.85 bits per heavy atom. The summed E-state index contributed by atoms with van der Waals surface area (Å²) in [5.74, 6) is -0.240. The molecule has 0 unspecified atom stereocenters. The van der Waals surface area contributed by atoms with E-state index in [0.717, 1.165) is 28.6 Å². The topological polar surface area (TPSA) is 49.3 Å². The fourth-order valence-electron chi connectivity index (χ4n) is 2.76. The van der Waals surface area contributed by atoms with Crippen molar-refractivity contribution in [2.24, 2.45) is 4.99 Å². The van der Waals surface area contributed by atoms with Crippen LogP contribution in [0.4, 0.5) is 8.78 Å². The van der Waals surface area contributed by atoms with E-state index in [2.05, 4.69) is 20.6 Å². The molecule has 27 heavy (non-hydrogen) atoms. The number of halogens is 3. The number of pyridine rings is 1. The number of hydrogen-bond donors (Lipinski definition) is 2. The summed E-state index contributed by atoms with van der Waals surface area (Å²) >= 11 is 0. The minimum atomic E-state index is -0.437. The number of aliphatic imine (C=N–C) groups is 1. The summed E-state index contributed by atoms with van der Waals surface area (Å²) in [4.78, 5) is 8.51. The van der Waals surface area contributed by atoms with E-state index in [1.165, 1.54) is 6.07 Å². The SMILES string of the molecule is CN=C(NCCc1cc(F)ccc1F)NCc1ccnc2ccccc12.I. The van der Waals surface area contributed by atoms with Gasteiger partial charge in [-0.25, -0.2) is 8.78 Å². The van der Waals surface area contributed by atoms with E-state index < -0.39 is 11.6 Å². The summed E-state index contributed by atoms with van der Waals surface area (Å²) in [6.07, 6.45) is 2.14. The number of para-hydroxylation sites is 1. The van der Waals surface area contributed by atoms with Crippen molar-refractivity contribution in [1.82, 2.24) is 15.6 Å². The molecule has 0 aliphatic carbocycles. The van der Waals surface area contributed by atoms with E-state index in [0.29, 0.717) is 31.0 Å². The van der Waals surface area contributed by atoms with Gasteiger partial charge in [0.05, 0.1) is 5.52 Å². The van der Waals surface area contributed by atoms with Crippen molar-refractivity contribution < 1.29 is 8.78 Å². The van der Waals surface area contributed by atoms with Crippen LogP contribution in [0.5, 0.6) is 0 Å². The second kappa shape index (κ2) is 10.1. The highest BCUT2D eigenvalue weighted by atomic mass is 127. The molecule has 0 saturated heterocycles. The highest BCUT2D eigenvalue weighted by molar-refractivity contribution is 14.0. The Bertz CT molecular complexity index is 926. The summed E-state index contributed by atoms with van der Waals surface area (Å²) in [6, 6.07) is 13.4. The van der Waals surface area contributed by atoms with Gasteiger partial charge in [0, 0.05) is 31.7 Å². The van der Waals surface area contributed by atoms with Gasteiger partial charge in [-0.05, 0) is 47.9 Å². The predicted octanol–water partition coefficient (Wildman–Crippen LogP) is 4.04. The van der Waals surface area contributed by atoms with Gasteiger partial charge in [-0.15, -0.1) is 24.0 Å². The molecular weight excluding hydrogens is 461 g/mol. The summed E-state index contributed by atoms with van der Waals surface area (Å²) in [6.45, 7) is 1.02. The Hall–Kier alpha value is -2.29. The quantitative estimate of drug-likeness (QED) is 0.328. The molecule has 3 aromatic rings. The molecule has 0 aliphatic rings. The Balaban J connectivity index is 0.00000261. The third-order valence-corrected chi connectivity index (χ3v) is 4.10. The third kappa shape index (κ3) is 5.59. The molecule has 0 bridgehead atoms. The normalized spacial score (nSPS) is 11.1. The first-order chi connectivity index (χ1) is 12.7. The molecule has 3 rings (SSSR count). The number of nitrogens with one attached hydrogen (secondary N) is 2. The molecule has 0 spiro atoms. The molecule has 0 radical (unpaired) electrons. The van der Waals surface area contributed by atoms with Crippen molar-refractivity contribution >= 4 is 40.8 Å². The van der Waals surface area contributed by atoms with Gasteiger partial charge in [0.15, 0.2) is 5.96 Å². The molecule has 0 fully saturated rings. The van der Waals surface area contributed by atoms with Crippen molar-refractivity contribution in [3.63, 3.8) is 0 Å². The number of guanidine groups is 1. The van der Waals surface area contributed by atoms with E-state index in [-0.39, 0.29) is 24.0 Å². The summed E-state index contributed by atoms with van der Waals surface area (Å²) in [5, 5.41) is 7.43. The second-order valence-electron chi connectivity index (χ2n) is 5.83. The molecule has 0 atom stereocenters. The molecule has 2 N–H and O–H groups in total. The number of hydrogen-bond acceptors (Lipinski definition) is 2. The predicted molar refractivity (Wildman–Crippen MR) is 115 cm³/mol. The maximum Gasteiger partial charge on any atom is 0.191 e. The summed E-state index contributed by atoms with van der Waals surface area (Å²) in [5.41, 5.74) is 2.39. The van der Waals surface area contributed by atoms with E-state index in [4.69, 9.17) is 0 Å². The van der Waals surface area contributed by atoms with Crippen molar-refractivity contribution in [1.29, 1.82) is 0 Å². The first-order valence-electron chi connectivity index (χ1n) is 8.38. The molecule has 0 saturated carbocycles. The molecule has 0 amide bonds. The van der Waals surface area contributed by atoms with Gasteiger partial charge in [0.25, 0.3) is 0 Å². The Morgan fingerprint density at radius 3 is 2.67 bits per heavy atom. The zero-order valence-corrected chi connectivity index (χ0v) is 17.2. The molecular formula is C20H21F2IN4. The number of fused-ring (bicyclic) bond motifs is 1. The fourth-order valence-corrected chi connectivity index (χ4v) is 2.76. The smallest absolute Gasteiger partial charge is 0.191 e. The lowest BCUT2D eigenvalue weighted by atomic mass is 10.1.